The third-order valence-electron chi connectivity index (χ3n) is 5.54. The van der Waals surface area contributed by atoms with Crippen molar-refractivity contribution in [3.63, 3.8) is 0 Å². The Balaban J connectivity index is 1.47. The van der Waals surface area contributed by atoms with E-state index in [1.165, 1.54) is 0 Å². The number of fused-ring (bicyclic) bond motifs is 3. The van der Waals surface area contributed by atoms with Crippen molar-refractivity contribution >= 4 is 5.91 Å². The maximum atomic E-state index is 12.7. The Morgan fingerprint density at radius 1 is 1.31 bits per heavy atom. The molecule has 138 valence electrons. The fourth-order valence-electron chi connectivity index (χ4n) is 4.02. The molecule has 0 saturated heterocycles. The fraction of sp³-hybridized carbons (Fsp3) is 0.500. The maximum Gasteiger partial charge on any atom is 0.251 e. The van der Waals surface area contributed by atoms with Crippen LogP contribution in [0.5, 0.6) is 5.75 Å². The van der Waals surface area contributed by atoms with E-state index in [1.807, 2.05) is 24.4 Å². The Morgan fingerprint density at radius 2 is 2.15 bits per heavy atom. The van der Waals surface area contributed by atoms with Crippen molar-refractivity contribution in [1.29, 1.82) is 0 Å². The summed E-state index contributed by atoms with van der Waals surface area (Å²) in [5.74, 6) is 1.36. The molecule has 2 aliphatic rings. The smallest absolute Gasteiger partial charge is 0.251 e. The van der Waals surface area contributed by atoms with E-state index >= 15 is 0 Å². The summed E-state index contributed by atoms with van der Waals surface area (Å²) < 4.78 is 7.86. The van der Waals surface area contributed by atoms with Gasteiger partial charge >= 0.3 is 0 Å². The second-order valence-corrected chi connectivity index (χ2v) is 7.24. The van der Waals surface area contributed by atoms with Gasteiger partial charge in [0.2, 0.25) is 0 Å². The van der Waals surface area contributed by atoms with Crippen LogP contribution >= 0.6 is 0 Å². The van der Waals surface area contributed by atoms with Gasteiger partial charge in [0, 0.05) is 23.8 Å². The molecule has 1 aromatic heterocycles. The van der Waals surface area contributed by atoms with Crippen LogP contribution in [0, 0.1) is 5.92 Å². The number of imidazole rings is 1. The number of rotatable bonds is 4. The molecule has 1 amide bonds. The van der Waals surface area contributed by atoms with Crippen LogP contribution in [0.3, 0.4) is 0 Å². The first kappa shape index (κ1) is 17.1. The Kier molecular flexibility index (Phi) is 4.93. The summed E-state index contributed by atoms with van der Waals surface area (Å²) >= 11 is 0. The molecule has 1 fully saturated rings. The summed E-state index contributed by atoms with van der Waals surface area (Å²) in [5, 5.41) is 12.2. The monoisotopic (exact) mass is 355 g/mol. The van der Waals surface area contributed by atoms with E-state index in [1.54, 1.807) is 6.33 Å². The average Bonchev–Trinajstić information content (AvgIpc) is 3.05. The van der Waals surface area contributed by atoms with Gasteiger partial charge < -0.3 is 19.7 Å². The van der Waals surface area contributed by atoms with Gasteiger partial charge in [0.25, 0.3) is 5.91 Å². The molecule has 2 aromatic rings. The van der Waals surface area contributed by atoms with Crippen molar-refractivity contribution in [2.45, 2.75) is 44.7 Å². The molecule has 6 heteroatoms. The number of nitrogens with one attached hydrogen (secondary N) is 1. The third-order valence-corrected chi connectivity index (χ3v) is 5.54. The summed E-state index contributed by atoms with van der Waals surface area (Å²) in [6, 6.07) is 5.84. The Labute approximate surface area is 153 Å². The number of carbonyl (C=O) groups excluding carboxylic acids is 1. The highest BCUT2D eigenvalue weighted by Crippen LogP contribution is 2.33. The number of aliphatic hydroxyl groups is 1. The number of amides is 1. The fourth-order valence-corrected chi connectivity index (χ4v) is 4.02. The normalized spacial score (nSPS) is 21.9. The maximum absolute atomic E-state index is 12.7. The van der Waals surface area contributed by atoms with E-state index in [2.05, 4.69) is 14.9 Å². The van der Waals surface area contributed by atoms with Crippen LogP contribution in [-0.4, -0.2) is 39.8 Å². The summed E-state index contributed by atoms with van der Waals surface area (Å²) in [4.78, 5) is 17.0. The van der Waals surface area contributed by atoms with Crippen molar-refractivity contribution in [3.05, 3.63) is 36.3 Å². The van der Waals surface area contributed by atoms with Crippen molar-refractivity contribution in [1.82, 2.24) is 14.9 Å². The third kappa shape index (κ3) is 3.46. The average molecular weight is 355 g/mol. The summed E-state index contributed by atoms with van der Waals surface area (Å²) in [6.45, 7) is 1.61. The topological polar surface area (TPSA) is 76.4 Å². The predicted molar refractivity (Wildman–Crippen MR) is 98.1 cm³/mol. The van der Waals surface area contributed by atoms with Crippen LogP contribution in [0.1, 0.15) is 42.5 Å². The molecule has 26 heavy (non-hydrogen) atoms. The zero-order valence-corrected chi connectivity index (χ0v) is 14.9. The van der Waals surface area contributed by atoms with Gasteiger partial charge in [-0.3, -0.25) is 4.79 Å². The van der Waals surface area contributed by atoms with Crippen LogP contribution < -0.4 is 10.1 Å². The number of nitrogens with zero attached hydrogens (tertiary/aromatic N) is 2. The number of aromatic nitrogens is 2. The minimum Gasteiger partial charge on any atom is -0.491 e. The molecule has 1 aromatic carbocycles. The lowest BCUT2D eigenvalue weighted by Gasteiger charge is -2.28. The van der Waals surface area contributed by atoms with Crippen LogP contribution in [-0.2, 0) is 6.54 Å². The Morgan fingerprint density at radius 3 is 2.96 bits per heavy atom. The molecule has 0 unspecified atom stereocenters. The van der Waals surface area contributed by atoms with Crippen molar-refractivity contribution in [3.8, 4) is 17.0 Å². The van der Waals surface area contributed by atoms with Gasteiger partial charge in [-0.15, -0.1) is 0 Å². The van der Waals surface area contributed by atoms with Crippen LogP contribution in [0.4, 0.5) is 0 Å². The number of hydrogen-bond acceptors (Lipinski definition) is 4. The van der Waals surface area contributed by atoms with Gasteiger partial charge in [-0.2, -0.15) is 0 Å². The lowest BCUT2D eigenvalue weighted by Crippen LogP contribution is -2.37. The number of benzene rings is 1. The molecule has 0 atom stereocenters. The van der Waals surface area contributed by atoms with Gasteiger partial charge in [-0.25, -0.2) is 4.98 Å². The standard InChI is InChI=1S/C20H25N3O3/c24-9-7-14-1-4-16(5-2-14)22-20(25)15-3-6-19-17(11-15)18-12-21-13-23(18)8-10-26-19/h3,6,11-14,16,24H,1-2,4-5,7-10H2,(H,22,25). The summed E-state index contributed by atoms with van der Waals surface area (Å²) in [7, 11) is 0. The van der Waals surface area contributed by atoms with Crippen LogP contribution in [0.25, 0.3) is 11.3 Å². The molecular formula is C20H25N3O3. The van der Waals surface area contributed by atoms with Crippen molar-refractivity contribution < 1.29 is 14.6 Å². The molecule has 1 aliphatic heterocycles. The van der Waals surface area contributed by atoms with Crippen molar-refractivity contribution in [2.75, 3.05) is 13.2 Å². The quantitative estimate of drug-likeness (QED) is 0.884. The second kappa shape index (κ2) is 7.50. The molecular weight excluding hydrogens is 330 g/mol. The minimum absolute atomic E-state index is 0.0336. The lowest BCUT2D eigenvalue weighted by molar-refractivity contribution is 0.0918. The first-order valence-electron chi connectivity index (χ1n) is 9.43. The van der Waals surface area contributed by atoms with Gasteiger partial charge in [0.05, 0.1) is 24.8 Å². The molecule has 1 aliphatic carbocycles. The number of hydrogen-bond donors (Lipinski definition) is 2. The minimum atomic E-state index is -0.0336. The Bertz CT molecular complexity index is 778. The number of ether oxygens (including phenoxy) is 1. The second-order valence-electron chi connectivity index (χ2n) is 7.24. The first-order valence-corrected chi connectivity index (χ1v) is 9.43. The molecule has 6 nitrogen and oxygen atoms in total. The summed E-state index contributed by atoms with van der Waals surface area (Å²) in [5.41, 5.74) is 2.55. The SMILES string of the molecule is O=C(NC1CCC(CCO)CC1)c1ccc2c(c1)-c1cncn1CCO2. The molecule has 4 rings (SSSR count). The van der Waals surface area contributed by atoms with E-state index in [0.29, 0.717) is 18.1 Å². The zero-order chi connectivity index (χ0) is 17.9. The number of aliphatic hydroxyl groups excluding tert-OH is 1. The van der Waals surface area contributed by atoms with Gasteiger partial charge in [0.1, 0.15) is 12.4 Å². The van der Waals surface area contributed by atoms with E-state index < -0.39 is 0 Å². The van der Waals surface area contributed by atoms with E-state index in [9.17, 15) is 4.79 Å². The molecule has 0 radical (unpaired) electrons. The first-order chi connectivity index (χ1) is 12.7. The van der Waals surface area contributed by atoms with Crippen molar-refractivity contribution in [2.24, 2.45) is 5.92 Å². The molecule has 2 N–H and O–H groups in total. The van der Waals surface area contributed by atoms with Gasteiger partial charge in [-0.05, 0) is 56.2 Å². The zero-order valence-electron chi connectivity index (χ0n) is 14.9. The van der Waals surface area contributed by atoms with Crippen LogP contribution in [0.15, 0.2) is 30.7 Å². The van der Waals surface area contributed by atoms with Gasteiger partial charge in [0.15, 0.2) is 0 Å². The highest BCUT2D eigenvalue weighted by atomic mass is 16.5. The highest BCUT2D eigenvalue weighted by molar-refractivity contribution is 5.96. The highest BCUT2D eigenvalue weighted by Gasteiger charge is 2.23. The molecule has 0 bridgehead atoms. The van der Waals surface area contributed by atoms with Gasteiger partial charge in [-0.1, -0.05) is 0 Å². The van der Waals surface area contributed by atoms with E-state index in [4.69, 9.17) is 9.84 Å². The Hall–Kier alpha value is -2.34. The van der Waals surface area contributed by atoms with Crippen LogP contribution in [0.2, 0.25) is 0 Å². The molecule has 1 saturated carbocycles. The largest absolute Gasteiger partial charge is 0.491 e. The molecule has 2 heterocycles. The lowest BCUT2D eigenvalue weighted by atomic mass is 9.84. The summed E-state index contributed by atoms with van der Waals surface area (Å²) in [6.07, 6.45) is 8.60. The van der Waals surface area contributed by atoms with E-state index in [0.717, 1.165) is 55.7 Å². The van der Waals surface area contributed by atoms with E-state index in [-0.39, 0.29) is 18.6 Å². The number of carbonyl (C=O) groups is 1. The molecule has 0 spiro atoms. The predicted octanol–water partition coefficient (Wildman–Crippen LogP) is 2.61.